The van der Waals surface area contributed by atoms with E-state index in [0.717, 1.165) is 16.5 Å². The fraction of sp³-hybridized carbons (Fsp3) is 0.118. The number of methoxy groups -OCH3 is 1. The van der Waals surface area contributed by atoms with Crippen molar-refractivity contribution < 1.29 is 13.9 Å². The minimum Gasteiger partial charge on any atom is -0.497 e. The Hall–Kier alpha value is -2.55. The molecule has 100 valence electrons. The van der Waals surface area contributed by atoms with Gasteiger partial charge in [0, 0.05) is 16.5 Å². The number of hydrogen-bond acceptors (Lipinski definition) is 3. The third kappa shape index (κ3) is 1.97. The van der Waals surface area contributed by atoms with Gasteiger partial charge in [0.2, 0.25) is 5.78 Å². The molecule has 0 amide bonds. The summed E-state index contributed by atoms with van der Waals surface area (Å²) in [5.74, 6) is 0.918. The van der Waals surface area contributed by atoms with Crippen molar-refractivity contribution in [3.8, 4) is 5.75 Å². The third-order valence-electron chi connectivity index (χ3n) is 3.38. The first-order valence-corrected chi connectivity index (χ1v) is 6.37. The molecule has 0 aliphatic heterocycles. The number of aryl methyl sites for hydroxylation is 1. The van der Waals surface area contributed by atoms with Crippen molar-refractivity contribution in [2.24, 2.45) is 0 Å². The smallest absolute Gasteiger partial charge is 0.228 e. The molecule has 0 saturated carbocycles. The number of carbonyl (C=O) groups excluding carboxylic acids is 1. The first-order valence-electron chi connectivity index (χ1n) is 6.37. The lowest BCUT2D eigenvalue weighted by Crippen LogP contribution is -2.01. The fourth-order valence-electron chi connectivity index (χ4n) is 2.29. The van der Waals surface area contributed by atoms with Crippen LogP contribution in [0.2, 0.25) is 0 Å². The molecule has 0 bridgehead atoms. The number of benzene rings is 2. The van der Waals surface area contributed by atoms with Gasteiger partial charge in [-0.05, 0) is 25.1 Å². The molecule has 0 unspecified atom stereocenters. The Kier molecular flexibility index (Phi) is 3.03. The van der Waals surface area contributed by atoms with Gasteiger partial charge in [0.15, 0.2) is 5.76 Å². The van der Waals surface area contributed by atoms with Gasteiger partial charge in [-0.3, -0.25) is 4.79 Å². The largest absolute Gasteiger partial charge is 0.497 e. The summed E-state index contributed by atoms with van der Waals surface area (Å²) in [5, 5.41) is 0.971. The lowest BCUT2D eigenvalue weighted by molar-refractivity contribution is 0.101. The maximum Gasteiger partial charge on any atom is 0.228 e. The number of hydrogen-bond donors (Lipinski definition) is 0. The molecule has 0 fully saturated rings. The summed E-state index contributed by atoms with van der Waals surface area (Å²) in [7, 11) is 1.58. The number of carbonyl (C=O) groups is 1. The predicted octanol–water partition coefficient (Wildman–Crippen LogP) is 3.98. The summed E-state index contributed by atoms with van der Waals surface area (Å²) in [4.78, 5) is 12.6. The second-order valence-electron chi connectivity index (χ2n) is 4.61. The molecule has 3 nitrogen and oxygen atoms in total. The molecule has 0 aliphatic carbocycles. The zero-order chi connectivity index (χ0) is 14.1. The van der Waals surface area contributed by atoms with Gasteiger partial charge < -0.3 is 9.15 Å². The van der Waals surface area contributed by atoms with E-state index < -0.39 is 0 Å². The molecule has 3 rings (SSSR count). The summed E-state index contributed by atoms with van der Waals surface area (Å²) in [5.41, 5.74) is 2.16. The molecule has 3 aromatic rings. The van der Waals surface area contributed by atoms with Crippen LogP contribution in [0, 0.1) is 6.92 Å². The van der Waals surface area contributed by atoms with Crippen LogP contribution in [0.5, 0.6) is 5.75 Å². The van der Waals surface area contributed by atoms with Gasteiger partial charge in [0.1, 0.15) is 11.3 Å². The molecule has 0 aliphatic rings. The molecule has 3 heteroatoms. The van der Waals surface area contributed by atoms with E-state index in [9.17, 15) is 4.79 Å². The van der Waals surface area contributed by atoms with Crippen molar-refractivity contribution in [3.63, 3.8) is 0 Å². The van der Waals surface area contributed by atoms with E-state index in [1.54, 1.807) is 25.3 Å². The molecule has 0 atom stereocenters. The molecule has 0 N–H and O–H groups in total. The lowest BCUT2D eigenvalue weighted by atomic mass is 10.0. The van der Waals surface area contributed by atoms with Crippen molar-refractivity contribution >= 4 is 16.8 Å². The van der Waals surface area contributed by atoms with E-state index in [-0.39, 0.29) is 5.78 Å². The summed E-state index contributed by atoms with van der Waals surface area (Å²) in [6.45, 7) is 1.90. The maximum absolute atomic E-state index is 12.6. The first kappa shape index (κ1) is 12.5. The first-order chi connectivity index (χ1) is 9.70. The predicted molar refractivity (Wildman–Crippen MR) is 77.4 cm³/mol. The molecule has 0 saturated heterocycles. The molecule has 1 aromatic heterocycles. The minimum atomic E-state index is -0.127. The quantitative estimate of drug-likeness (QED) is 0.673. The molecule has 0 radical (unpaired) electrons. The number of furan rings is 1. The summed E-state index contributed by atoms with van der Waals surface area (Å²) in [6, 6.07) is 14.7. The van der Waals surface area contributed by atoms with Crippen LogP contribution >= 0.6 is 0 Å². The van der Waals surface area contributed by atoms with Crippen molar-refractivity contribution in [1.82, 2.24) is 0 Å². The Morgan fingerprint density at radius 1 is 1.10 bits per heavy atom. The minimum absolute atomic E-state index is 0.127. The van der Waals surface area contributed by atoms with E-state index >= 15 is 0 Å². The fourth-order valence-corrected chi connectivity index (χ4v) is 2.29. The highest BCUT2D eigenvalue weighted by Crippen LogP contribution is 2.27. The van der Waals surface area contributed by atoms with Gasteiger partial charge in [-0.15, -0.1) is 0 Å². The second kappa shape index (κ2) is 4.85. The monoisotopic (exact) mass is 266 g/mol. The van der Waals surface area contributed by atoms with Gasteiger partial charge in [-0.1, -0.05) is 30.3 Å². The Labute approximate surface area is 116 Å². The van der Waals surface area contributed by atoms with Gasteiger partial charge >= 0.3 is 0 Å². The van der Waals surface area contributed by atoms with E-state index in [4.69, 9.17) is 9.15 Å². The van der Waals surface area contributed by atoms with Crippen molar-refractivity contribution in [2.45, 2.75) is 6.92 Å². The highest BCUT2D eigenvalue weighted by Gasteiger charge is 2.19. The summed E-state index contributed by atoms with van der Waals surface area (Å²) < 4.78 is 10.8. The molecule has 0 spiro atoms. The molecule has 20 heavy (non-hydrogen) atoms. The lowest BCUT2D eigenvalue weighted by Gasteiger charge is -2.02. The standard InChI is InChI=1S/C17H14O3/c1-11-14-8-3-4-9-15(14)20-17(11)16(18)12-6-5-7-13(10-12)19-2/h3-10H,1-2H3. The Bertz CT molecular complexity index is 784. The number of rotatable bonds is 3. The SMILES string of the molecule is COc1cccc(C(=O)c2oc3ccccc3c2C)c1. The molecule has 2 aromatic carbocycles. The topological polar surface area (TPSA) is 39.4 Å². The van der Waals surface area contributed by atoms with Gasteiger partial charge in [-0.25, -0.2) is 0 Å². The number of ether oxygens (including phenoxy) is 1. The second-order valence-corrected chi connectivity index (χ2v) is 4.61. The highest BCUT2D eigenvalue weighted by atomic mass is 16.5. The average molecular weight is 266 g/mol. The van der Waals surface area contributed by atoms with Gasteiger partial charge in [0.25, 0.3) is 0 Å². The van der Waals surface area contributed by atoms with Gasteiger partial charge in [0.05, 0.1) is 7.11 Å². The van der Waals surface area contributed by atoms with Crippen LogP contribution in [0.25, 0.3) is 11.0 Å². The maximum atomic E-state index is 12.6. The Balaban J connectivity index is 2.10. The van der Waals surface area contributed by atoms with E-state index in [1.165, 1.54) is 0 Å². The zero-order valence-electron chi connectivity index (χ0n) is 11.3. The van der Waals surface area contributed by atoms with Crippen LogP contribution in [0.1, 0.15) is 21.7 Å². The third-order valence-corrected chi connectivity index (χ3v) is 3.38. The van der Waals surface area contributed by atoms with Crippen molar-refractivity contribution in [3.05, 3.63) is 65.4 Å². The van der Waals surface area contributed by atoms with Gasteiger partial charge in [-0.2, -0.15) is 0 Å². The normalized spacial score (nSPS) is 10.7. The number of para-hydroxylation sites is 1. The van der Waals surface area contributed by atoms with Crippen LogP contribution < -0.4 is 4.74 Å². The van der Waals surface area contributed by atoms with E-state index in [1.807, 2.05) is 37.3 Å². The van der Waals surface area contributed by atoms with Crippen LogP contribution in [0.3, 0.4) is 0 Å². The molecular weight excluding hydrogens is 252 g/mol. The summed E-state index contributed by atoms with van der Waals surface area (Å²) in [6.07, 6.45) is 0. The number of fused-ring (bicyclic) bond motifs is 1. The summed E-state index contributed by atoms with van der Waals surface area (Å²) >= 11 is 0. The van der Waals surface area contributed by atoms with E-state index in [0.29, 0.717) is 17.1 Å². The number of ketones is 1. The van der Waals surface area contributed by atoms with Crippen LogP contribution in [-0.2, 0) is 0 Å². The highest BCUT2D eigenvalue weighted by molar-refractivity contribution is 6.10. The van der Waals surface area contributed by atoms with Crippen molar-refractivity contribution in [2.75, 3.05) is 7.11 Å². The molecular formula is C17H14O3. The molecule has 1 heterocycles. The Morgan fingerprint density at radius 3 is 2.65 bits per heavy atom. The van der Waals surface area contributed by atoms with E-state index in [2.05, 4.69) is 0 Å². The van der Waals surface area contributed by atoms with Crippen LogP contribution in [0.15, 0.2) is 52.9 Å². The van der Waals surface area contributed by atoms with Crippen molar-refractivity contribution in [1.29, 1.82) is 0 Å². The van der Waals surface area contributed by atoms with Crippen LogP contribution in [0.4, 0.5) is 0 Å². The van der Waals surface area contributed by atoms with Crippen LogP contribution in [-0.4, -0.2) is 12.9 Å². The Morgan fingerprint density at radius 2 is 1.90 bits per heavy atom. The zero-order valence-corrected chi connectivity index (χ0v) is 11.3. The average Bonchev–Trinajstić information content (AvgIpc) is 2.84.